The molecule has 1 atom stereocenters. The second kappa shape index (κ2) is 8.22. The van der Waals surface area contributed by atoms with E-state index in [4.69, 9.17) is 9.47 Å². The Bertz CT molecular complexity index is 794. The molecule has 0 aliphatic carbocycles. The Labute approximate surface area is 160 Å². The van der Waals surface area contributed by atoms with Crippen molar-refractivity contribution in [1.29, 1.82) is 0 Å². The van der Waals surface area contributed by atoms with E-state index in [2.05, 4.69) is 5.10 Å². The second-order valence-electron chi connectivity index (χ2n) is 6.80. The number of carbonyl (C=O) groups excluding carboxylic acids is 1. The monoisotopic (exact) mass is 397 g/mol. The summed E-state index contributed by atoms with van der Waals surface area (Å²) in [6.07, 6.45) is -1.93. The van der Waals surface area contributed by atoms with Crippen LogP contribution in [0.1, 0.15) is 18.5 Å². The van der Waals surface area contributed by atoms with Crippen molar-refractivity contribution in [1.82, 2.24) is 14.7 Å². The molecule has 1 aliphatic heterocycles. The van der Waals surface area contributed by atoms with E-state index >= 15 is 0 Å². The highest BCUT2D eigenvalue weighted by Crippen LogP contribution is 2.28. The molecule has 1 aliphatic rings. The van der Waals surface area contributed by atoms with Gasteiger partial charge in [0.1, 0.15) is 24.5 Å². The third-order valence-electron chi connectivity index (χ3n) is 4.80. The third-order valence-corrected chi connectivity index (χ3v) is 4.80. The fraction of sp³-hybridized carbons (Fsp3) is 0.474. The molecule has 1 unspecified atom stereocenters. The average molecular weight is 397 g/mol. The summed E-state index contributed by atoms with van der Waals surface area (Å²) in [5.41, 5.74) is -1.67. The highest BCUT2D eigenvalue weighted by molar-refractivity contribution is 5.76. The molecular weight excluding hydrogens is 375 g/mol. The maximum absolute atomic E-state index is 12.7. The van der Waals surface area contributed by atoms with E-state index < -0.39 is 17.5 Å². The molecule has 0 bridgehead atoms. The van der Waals surface area contributed by atoms with Crippen molar-refractivity contribution < 1.29 is 27.4 Å². The lowest BCUT2D eigenvalue weighted by Crippen LogP contribution is -2.55. The van der Waals surface area contributed by atoms with Crippen molar-refractivity contribution in [3.8, 4) is 5.75 Å². The molecule has 1 aromatic carbocycles. The molecular formula is C19H22F3N3O3. The lowest BCUT2D eigenvalue weighted by atomic mass is 9.93. The predicted octanol–water partition coefficient (Wildman–Crippen LogP) is 2.99. The molecule has 152 valence electrons. The van der Waals surface area contributed by atoms with Crippen molar-refractivity contribution in [3.63, 3.8) is 0 Å². The summed E-state index contributed by atoms with van der Waals surface area (Å²) < 4.78 is 50.5. The normalized spacial score (nSPS) is 20.2. The molecule has 1 saturated heterocycles. The van der Waals surface area contributed by atoms with E-state index in [1.165, 1.54) is 0 Å². The van der Waals surface area contributed by atoms with Gasteiger partial charge in [-0.2, -0.15) is 18.3 Å². The smallest absolute Gasteiger partial charge is 0.435 e. The van der Waals surface area contributed by atoms with E-state index in [9.17, 15) is 18.0 Å². The Balaban J connectivity index is 1.62. The van der Waals surface area contributed by atoms with Gasteiger partial charge in [-0.3, -0.25) is 9.48 Å². The van der Waals surface area contributed by atoms with Gasteiger partial charge < -0.3 is 14.4 Å². The lowest BCUT2D eigenvalue weighted by Gasteiger charge is -2.41. The largest absolute Gasteiger partial charge is 0.491 e. The molecule has 1 amide bonds. The number of aromatic nitrogens is 2. The second-order valence-corrected chi connectivity index (χ2v) is 6.80. The first-order valence-electron chi connectivity index (χ1n) is 8.93. The predicted molar refractivity (Wildman–Crippen MR) is 94.7 cm³/mol. The van der Waals surface area contributed by atoms with Gasteiger partial charge >= 0.3 is 6.18 Å². The number of hydrogen-bond donors (Lipinski definition) is 0. The van der Waals surface area contributed by atoms with Crippen LogP contribution < -0.4 is 4.74 Å². The zero-order chi connectivity index (χ0) is 20.2. The number of likely N-dealkylation sites (tertiary alicyclic amines) is 1. The third kappa shape index (κ3) is 4.83. The average Bonchev–Trinajstić information content (AvgIpc) is 3.16. The number of para-hydroxylation sites is 1. The molecule has 3 rings (SSSR count). The molecule has 28 heavy (non-hydrogen) atoms. The van der Waals surface area contributed by atoms with Crippen molar-refractivity contribution in [3.05, 3.63) is 48.3 Å². The Morgan fingerprint density at radius 3 is 2.64 bits per heavy atom. The molecule has 1 fully saturated rings. The SMILES string of the molecule is COC1(COc2ccccc2)CCCN(C(=O)Cn2ccc(C(F)(F)F)n2)C1. The fourth-order valence-corrected chi connectivity index (χ4v) is 3.23. The summed E-state index contributed by atoms with van der Waals surface area (Å²) in [5, 5.41) is 3.44. The highest BCUT2D eigenvalue weighted by atomic mass is 19.4. The Morgan fingerprint density at radius 1 is 1.25 bits per heavy atom. The van der Waals surface area contributed by atoms with E-state index in [-0.39, 0.29) is 19.1 Å². The van der Waals surface area contributed by atoms with E-state index in [0.29, 0.717) is 25.3 Å². The van der Waals surface area contributed by atoms with Gasteiger partial charge in [-0.05, 0) is 31.0 Å². The topological polar surface area (TPSA) is 56.6 Å². The molecule has 1 aromatic heterocycles. The fourth-order valence-electron chi connectivity index (χ4n) is 3.23. The van der Waals surface area contributed by atoms with Crippen LogP contribution in [0.5, 0.6) is 5.75 Å². The summed E-state index contributed by atoms with van der Waals surface area (Å²) in [4.78, 5) is 14.2. The van der Waals surface area contributed by atoms with Gasteiger partial charge in [0, 0.05) is 19.9 Å². The minimum Gasteiger partial charge on any atom is -0.491 e. The summed E-state index contributed by atoms with van der Waals surface area (Å²) >= 11 is 0. The Hall–Kier alpha value is -2.55. The highest BCUT2D eigenvalue weighted by Gasteiger charge is 2.38. The zero-order valence-corrected chi connectivity index (χ0v) is 15.5. The number of amides is 1. The van der Waals surface area contributed by atoms with E-state index in [1.807, 2.05) is 30.3 Å². The summed E-state index contributed by atoms with van der Waals surface area (Å²) in [7, 11) is 1.57. The van der Waals surface area contributed by atoms with Crippen LogP contribution in [-0.2, 0) is 22.3 Å². The molecule has 2 heterocycles. The van der Waals surface area contributed by atoms with Crippen LogP contribution in [0.25, 0.3) is 0 Å². The first kappa shape index (κ1) is 20.2. The van der Waals surface area contributed by atoms with Crippen LogP contribution in [-0.4, -0.2) is 53.0 Å². The minimum atomic E-state index is -4.53. The standard InChI is InChI=1S/C19H22F3N3O3/c1-27-18(14-28-15-6-3-2-4-7-15)9-5-10-24(13-18)17(26)12-25-11-8-16(23-25)19(20,21)22/h2-4,6-8,11H,5,9-10,12-14H2,1H3. The number of piperidine rings is 1. The van der Waals surface area contributed by atoms with Crippen LogP contribution in [0, 0.1) is 0 Å². The van der Waals surface area contributed by atoms with Gasteiger partial charge in [0.15, 0.2) is 5.69 Å². The molecule has 9 heteroatoms. The summed E-state index contributed by atoms with van der Waals surface area (Å²) in [5.74, 6) is 0.399. The van der Waals surface area contributed by atoms with Gasteiger partial charge in [-0.1, -0.05) is 18.2 Å². The lowest BCUT2D eigenvalue weighted by molar-refractivity contribution is -0.145. The first-order chi connectivity index (χ1) is 13.3. The van der Waals surface area contributed by atoms with E-state index in [1.54, 1.807) is 12.0 Å². The zero-order valence-electron chi connectivity index (χ0n) is 15.5. The number of carbonyl (C=O) groups is 1. The van der Waals surface area contributed by atoms with Crippen LogP contribution >= 0.6 is 0 Å². The molecule has 6 nitrogen and oxygen atoms in total. The molecule has 0 saturated carbocycles. The number of ether oxygens (including phenoxy) is 2. The summed E-state index contributed by atoms with van der Waals surface area (Å²) in [6.45, 7) is 0.845. The number of benzene rings is 1. The maximum Gasteiger partial charge on any atom is 0.435 e. The number of halogens is 3. The maximum atomic E-state index is 12.7. The van der Waals surface area contributed by atoms with Crippen molar-refractivity contribution in [2.75, 3.05) is 26.8 Å². The van der Waals surface area contributed by atoms with Crippen LogP contribution in [0.3, 0.4) is 0 Å². The quantitative estimate of drug-likeness (QED) is 0.752. The molecule has 0 N–H and O–H groups in total. The van der Waals surface area contributed by atoms with Gasteiger partial charge in [-0.25, -0.2) is 0 Å². The van der Waals surface area contributed by atoms with Gasteiger partial charge in [0.2, 0.25) is 5.91 Å². The number of rotatable bonds is 6. The van der Waals surface area contributed by atoms with Crippen LogP contribution in [0.15, 0.2) is 42.6 Å². The molecule has 0 spiro atoms. The number of methoxy groups -OCH3 is 1. The van der Waals surface area contributed by atoms with Crippen LogP contribution in [0.2, 0.25) is 0 Å². The minimum absolute atomic E-state index is 0.255. The molecule has 2 aromatic rings. The number of alkyl halides is 3. The van der Waals surface area contributed by atoms with Gasteiger partial charge in [-0.15, -0.1) is 0 Å². The van der Waals surface area contributed by atoms with Crippen molar-refractivity contribution >= 4 is 5.91 Å². The summed E-state index contributed by atoms with van der Waals surface area (Å²) in [6, 6.07) is 10.2. The molecule has 0 radical (unpaired) electrons. The van der Waals surface area contributed by atoms with E-state index in [0.717, 1.165) is 23.4 Å². The Kier molecular flexibility index (Phi) is 5.93. The number of hydrogen-bond acceptors (Lipinski definition) is 4. The van der Waals surface area contributed by atoms with Crippen molar-refractivity contribution in [2.24, 2.45) is 0 Å². The van der Waals surface area contributed by atoms with Gasteiger partial charge in [0.25, 0.3) is 0 Å². The van der Waals surface area contributed by atoms with Gasteiger partial charge in [0.05, 0.1) is 6.54 Å². The number of nitrogens with zero attached hydrogens (tertiary/aromatic N) is 3. The Morgan fingerprint density at radius 2 is 2.00 bits per heavy atom. The van der Waals surface area contributed by atoms with Crippen molar-refractivity contribution in [2.45, 2.75) is 31.2 Å². The first-order valence-corrected chi connectivity index (χ1v) is 8.93. The van der Waals surface area contributed by atoms with Crippen LogP contribution in [0.4, 0.5) is 13.2 Å².